The average Bonchev–Trinajstić information content (AvgIpc) is 2.31. The SMILES string of the molecule is NCC(=O)NCCOOCCNC(=O)CN. The molecule has 16 heavy (non-hydrogen) atoms. The molecule has 0 spiro atoms. The number of hydrogen-bond acceptors (Lipinski definition) is 6. The summed E-state index contributed by atoms with van der Waals surface area (Å²) in [6.07, 6.45) is 0. The Balaban J connectivity index is 3.10. The van der Waals surface area contributed by atoms with Crippen LogP contribution in [0.2, 0.25) is 0 Å². The van der Waals surface area contributed by atoms with E-state index >= 15 is 0 Å². The summed E-state index contributed by atoms with van der Waals surface area (Å²) in [7, 11) is 0. The van der Waals surface area contributed by atoms with E-state index < -0.39 is 0 Å². The number of hydrogen-bond donors (Lipinski definition) is 4. The molecule has 94 valence electrons. The van der Waals surface area contributed by atoms with Gasteiger partial charge in [0.1, 0.15) is 0 Å². The molecular weight excluding hydrogens is 216 g/mol. The molecule has 0 rings (SSSR count). The van der Waals surface area contributed by atoms with Crippen molar-refractivity contribution in [3.63, 3.8) is 0 Å². The van der Waals surface area contributed by atoms with Gasteiger partial charge in [0.25, 0.3) is 0 Å². The summed E-state index contributed by atoms with van der Waals surface area (Å²) in [4.78, 5) is 30.7. The Hall–Kier alpha value is -1.22. The highest BCUT2D eigenvalue weighted by Gasteiger charge is 1.97. The van der Waals surface area contributed by atoms with E-state index in [1.165, 1.54) is 0 Å². The second-order valence-corrected chi connectivity index (χ2v) is 2.75. The van der Waals surface area contributed by atoms with Crippen molar-refractivity contribution in [2.24, 2.45) is 11.5 Å². The lowest BCUT2D eigenvalue weighted by Crippen LogP contribution is -2.34. The Labute approximate surface area is 93.6 Å². The van der Waals surface area contributed by atoms with Crippen molar-refractivity contribution in [1.29, 1.82) is 0 Å². The first kappa shape index (κ1) is 14.8. The summed E-state index contributed by atoms with van der Waals surface area (Å²) in [5.74, 6) is -0.502. The van der Waals surface area contributed by atoms with Crippen LogP contribution in [0, 0.1) is 0 Å². The van der Waals surface area contributed by atoms with Crippen molar-refractivity contribution in [2.45, 2.75) is 0 Å². The lowest BCUT2D eigenvalue weighted by molar-refractivity contribution is -0.291. The van der Waals surface area contributed by atoms with E-state index in [1.54, 1.807) is 0 Å². The Bertz CT molecular complexity index is 190. The van der Waals surface area contributed by atoms with Crippen LogP contribution in [-0.4, -0.2) is 51.2 Å². The monoisotopic (exact) mass is 234 g/mol. The van der Waals surface area contributed by atoms with E-state index in [1.807, 2.05) is 0 Å². The first-order valence-electron chi connectivity index (χ1n) is 4.88. The minimum absolute atomic E-state index is 0.0496. The van der Waals surface area contributed by atoms with Gasteiger partial charge in [0.2, 0.25) is 11.8 Å². The molecule has 0 aromatic rings. The highest BCUT2D eigenvalue weighted by atomic mass is 17.2. The largest absolute Gasteiger partial charge is 0.353 e. The fraction of sp³-hybridized carbons (Fsp3) is 0.750. The van der Waals surface area contributed by atoms with Crippen LogP contribution >= 0.6 is 0 Å². The van der Waals surface area contributed by atoms with Crippen molar-refractivity contribution >= 4 is 11.8 Å². The summed E-state index contributed by atoms with van der Waals surface area (Å²) in [5, 5.41) is 4.99. The van der Waals surface area contributed by atoms with Crippen molar-refractivity contribution in [2.75, 3.05) is 39.4 Å². The van der Waals surface area contributed by atoms with Gasteiger partial charge in [0.15, 0.2) is 0 Å². The van der Waals surface area contributed by atoms with E-state index in [9.17, 15) is 9.59 Å². The molecule has 0 aromatic heterocycles. The fourth-order valence-electron chi connectivity index (χ4n) is 0.726. The van der Waals surface area contributed by atoms with Crippen LogP contribution < -0.4 is 22.1 Å². The van der Waals surface area contributed by atoms with E-state index in [0.717, 1.165) is 0 Å². The van der Waals surface area contributed by atoms with Crippen molar-refractivity contribution < 1.29 is 19.4 Å². The van der Waals surface area contributed by atoms with Crippen molar-refractivity contribution in [1.82, 2.24) is 10.6 Å². The maximum Gasteiger partial charge on any atom is 0.233 e. The minimum Gasteiger partial charge on any atom is -0.353 e. The van der Waals surface area contributed by atoms with Gasteiger partial charge in [-0.2, -0.15) is 0 Å². The second-order valence-electron chi connectivity index (χ2n) is 2.75. The van der Waals surface area contributed by atoms with Crippen molar-refractivity contribution in [3.8, 4) is 0 Å². The van der Waals surface area contributed by atoms with Gasteiger partial charge in [0.05, 0.1) is 26.3 Å². The van der Waals surface area contributed by atoms with Crippen LogP contribution in [-0.2, 0) is 19.4 Å². The number of amides is 2. The van der Waals surface area contributed by atoms with E-state index in [-0.39, 0.29) is 38.1 Å². The van der Waals surface area contributed by atoms with Gasteiger partial charge >= 0.3 is 0 Å². The van der Waals surface area contributed by atoms with Gasteiger partial charge in [0, 0.05) is 13.1 Å². The van der Waals surface area contributed by atoms with Crippen LogP contribution in [0.15, 0.2) is 0 Å². The number of carbonyl (C=O) groups excluding carboxylic acids is 2. The van der Waals surface area contributed by atoms with Gasteiger partial charge in [-0.25, -0.2) is 9.78 Å². The van der Waals surface area contributed by atoms with Crippen molar-refractivity contribution in [3.05, 3.63) is 0 Å². The first-order chi connectivity index (χ1) is 7.70. The molecule has 0 radical (unpaired) electrons. The third-order valence-corrected chi connectivity index (χ3v) is 1.47. The van der Waals surface area contributed by atoms with Gasteiger partial charge in [-0.3, -0.25) is 9.59 Å². The summed E-state index contributed by atoms with van der Waals surface area (Å²) in [6, 6.07) is 0. The quantitative estimate of drug-likeness (QED) is 0.192. The van der Waals surface area contributed by atoms with Crippen LogP contribution in [0.1, 0.15) is 0 Å². The lowest BCUT2D eigenvalue weighted by atomic mass is 10.5. The number of rotatable bonds is 9. The predicted octanol–water partition coefficient (Wildman–Crippen LogP) is -2.92. The molecule has 0 heterocycles. The number of nitrogens with one attached hydrogen (secondary N) is 2. The maximum absolute atomic E-state index is 10.7. The molecule has 0 bridgehead atoms. The zero-order valence-corrected chi connectivity index (χ0v) is 9.03. The molecule has 0 aromatic carbocycles. The van der Waals surface area contributed by atoms with E-state index in [4.69, 9.17) is 21.2 Å². The third-order valence-electron chi connectivity index (χ3n) is 1.47. The zero-order valence-electron chi connectivity index (χ0n) is 9.03. The smallest absolute Gasteiger partial charge is 0.233 e. The molecule has 0 aliphatic heterocycles. The Morgan fingerprint density at radius 3 is 1.56 bits per heavy atom. The standard InChI is InChI=1S/C8H18N4O4/c9-5-7(13)11-1-3-15-16-4-2-12-8(14)6-10/h1-6,9-10H2,(H,11,13)(H,12,14). The average molecular weight is 234 g/mol. The Morgan fingerprint density at radius 2 is 1.25 bits per heavy atom. The molecule has 0 fully saturated rings. The van der Waals surface area contributed by atoms with Crippen LogP contribution in [0.25, 0.3) is 0 Å². The van der Waals surface area contributed by atoms with Gasteiger partial charge in [-0.1, -0.05) is 0 Å². The summed E-state index contributed by atoms with van der Waals surface area (Å²) < 4.78 is 0. The number of carbonyl (C=O) groups is 2. The molecule has 8 nitrogen and oxygen atoms in total. The Kier molecular flexibility index (Phi) is 9.52. The molecule has 2 amide bonds. The molecule has 0 atom stereocenters. The van der Waals surface area contributed by atoms with Crippen LogP contribution in [0.3, 0.4) is 0 Å². The highest BCUT2D eigenvalue weighted by Crippen LogP contribution is 1.77. The van der Waals surface area contributed by atoms with Crippen LogP contribution in [0.5, 0.6) is 0 Å². The first-order valence-corrected chi connectivity index (χ1v) is 4.88. The number of nitrogens with two attached hydrogens (primary N) is 2. The Morgan fingerprint density at radius 1 is 0.875 bits per heavy atom. The topological polar surface area (TPSA) is 129 Å². The molecule has 0 aliphatic carbocycles. The van der Waals surface area contributed by atoms with Gasteiger partial charge in [-0.05, 0) is 0 Å². The maximum atomic E-state index is 10.7. The predicted molar refractivity (Wildman–Crippen MR) is 56.0 cm³/mol. The normalized spacial score (nSPS) is 9.88. The fourth-order valence-corrected chi connectivity index (χ4v) is 0.726. The summed E-state index contributed by atoms with van der Waals surface area (Å²) in [6.45, 7) is 0.988. The van der Waals surface area contributed by atoms with E-state index in [0.29, 0.717) is 13.1 Å². The zero-order chi connectivity index (χ0) is 12.2. The second kappa shape index (κ2) is 10.3. The summed E-state index contributed by atoms with van der Waals surface area (Å²) in [5.41, 5.74) is 10.1. The molecular formula is C8H18N4O4. The van der Waals surface area contributed by atoms with Gasteiger partial charge < -0.3 is 22.1 Å². The molecule has 6 N–H and O–H groups in total. The molecule has 0 aliphatic rings. The highest BCUT2D eigenvalue weighted by molar-refractivity contribution is 5.77. The molecule has 0 saturated heterocycles. The minimum atomic E-state index is -0.251. The van der Waals surface area contributed by atoms with Gasteiger partial charge in [-0.15, -0.1) is 0 Å². The van der Waals surface area contributed by atoms with E-state index in [2.05, 4.69) is 10.6 Å². The third kappa shape index (κ3) is 9.34. The molecule has 0 unspecified atom stereocenters. The lowest BCUT2D eigenvalue weighted by Gasteiger charge is -2.05. The molecule has 0 saturated carbocycles. The van der Waals surface area contributed by atoms with Crippen LogP contribution in [0.4, 0.5) is 0 Å². The molecule has 8 heteroatoms. The summed E-state index contributed by atoms with van der Waals surface area (Å²) >= 11 is 0.